The topological polar surface area (TPSA) is 55.1 Å². The summed E-state index contributed by atoms with van der Waals surface area (Å²) in [6, 6.07) is 13.3. The fraction of sp³-hybridized carbons (Fsp3) is 0.250. The van der Waals surface area contributed by atoms with E-state index in [0.29, 0.717) is 10.6 Å². The van der Waals surface area contributed by atoms with E-state index in [9.17, 15) is 4.79 Å². The van der Waals surface area contributed by atoms with E-state index in [4.69, 9.17) is 18.0 Å². The molecular formula is C16H18N2OS. The van der Waals surface area contributed by atoms with Gasteiger partial charge in [0, 0.05) is 5.56 Å². The van der Waals surface area contributed by atoms with E-state index in [1.807, 2.05) is 49.4 Å². The molecule has 0 spiro atoms. The van der Waals surface area contributed by atoms with Gasteiger partial charge in [-0.2, -0.15) is 0 Å². The molecule has 4 heteroatoms. The van der Waals surface area contributed by atoms with E-state index >= 15 is 0 Å². The Kier molecular flexibility index (Phi) is 4.69. The van der Waals surface area contributed by atoms with Crippen LogP contribution in [-0.4, -0.2) is 16.9 Å². The molecular weight excluding hydrogens is 268 g/mol. The van der Waals surface area contributed by atoms with Crippen molar-refractivity contribution in [3.63, 3.8) is 0 Å². The van der Waals surface area contributed by atoms with Crippen molar-refractivity contribution in [2.75, 3.05) is 0 Å². The van der Waals surface area contributed by atoms with Crippen molar-refractivity contribution in [2.24, 2.45) is 5.73 Å². The number of fused-ring (bicyclic) bond motifs is 1. The molecule has 2 aromatic rings. The van der Waals surface area contributed by atoms with Gasteiger partial charge < -0.3 is 11.1 Å². The number of nitrogens with two attached hydrogens (primary N) is 1. The lowest BCUT2D eigenvalue weighted by Crippen LogP contribution is -2.43. The molecule has 0 aliphatic rings. The lowest BCUT2D eigenvalue weighted by atomic mass is 10.1. The van der Waals surface area contributed by atoms with Gasteiger partial charge in [-0.05, 0) is 29.3 Å². The van der Waals surface area contributed by atoms with Crippen LogP contribution in [0.3, 0.4) is 0 Å². The fourth-order valence-corrected chi connectivity index (χ4v) is 2.32. The van der Waals surface area contributed by atoms with Gasteiger partial charge in [0.25, 0.3) is 5.91 Å². The number of amides is 1. The summed E-state index contributed by atoms with van der Waals surface area (Å²) in [5, 5.41) is 5.05. The molecule has 0 fully saturated rings. The van der Waals surface area contributed by atoms with Crippen LogP contribution in [0.2, 0.25) is 0 Å². The normalized spacial score (nSPS) is 12.1. The Morgan fingerprint density at radius 1 is 1.25 bits per heavy atom. The quantitative estimate of drug-likeness (QED) is 0.831. The van der Waals surface area contributed by atoms with Crippen LogP contribution < -0.4 is 11.1 Å². The number of rotatable bonds is 5. The molecule has 2 aromatic carbocycles. The molecule has 1 atom stereocenters. The third-order valence-corrected chi connectivity index (χ3v) is 3.52. The number of carbonyl (C=O) groups excluding carboxylic acids is 1. The lowest BCUT2D eigenvalue weighted by molar-refractivity contribution is 0.0946. The molecule has 20 heavy (non-hydrogen) atoms. The molecule has 0 saturated carbocycles. The predicted molar refractivity (Wildman–Crippen MR) is 86.9 cm³/mol. The first kappa shape index (κ1) is 14.5. The minimum Gasteiger partial charge on any atom is -0.392 e. The van der Waals surface area contributed by atoms with Gasteiger partial charge in [-0.1, -0.05) is 55.9 Å². The molecule has 3 nitrogen and oxygen atoms in total. The summed E-state index contributed by atoms with van der Waals surface area (Å²) in [5.74, 6) is -0.137. The monoisotopic (exact) mass is 286 g/mol. The maximum atomic E-state index is 12.3. The number of thiocarbonyl (C=S) groups is 1. The third kappa shape index (κ3) is 3.33. The average Bonchev–Trinajstić information content (AvgIpc) is 2.46. The highest BCUT2D eigenvalue weighted by Crippen LogP contribution is 2.15. The maximum absolute atomic E-state index is 12.3. The number of hydrogen-bond donors (Lipinski definition) is 2. The van der Waals surface area contributed by atoms with E-state index in [1.165, 1.54) is 0 Å². The molecule has 104 valence electrons. The van der Waals surface area contributed by atoms with Crippen molar-refractivity contribution in [3.8, 4) is 0 Å². The van der Waals surface area contributed by atoms with Crippen molar-refractivity contribution in [3.05, 3.63) is 48.0 Å². The van der Waals surface area contributed by atoms with E-state index in [2.05, 4.69) is 5.32 Å². The third-order valence-electron chi connectivity index (χ3n) is 3.24. The molecule has 0 aliphatic heterocycles. The van der Waals surface area contributed by atoms with Crippen molar-refractivity contribution in [1.29, 1.82) is 0 Å². The molecule has 3 N–H and O–H groups in total. The second kappa shape index (κ2) is 6.48. The second-order valence-corrected chi connectivity index (χ2v) is 5.25. The minimum absolute atomic E-state index is 0.137. The molecule has 0 saturated heterocycles. The molecule has 1 amide bonds. The number of carbonyl (C=O) groups is 1. The molecule has 0 bridgehead atoms. The lowest BCUT2D eigenvalue weighted by Gasteiger charge is -2.16. The number of hydrogen-bond acceptors (Lipinski definition) is 2. The van der Waals surface area contributed by atoms with Crippen LogP contribution in [-0.2, 0) is 0 Å². The molecule has 0 aromatic heterocycles. The summed E-state index contributed by atoms with van der Waals surface area (Å²) < 4.78 is 0. The van der Waals surface area contributed by atoms with Crippen LogP contribution >= 0.6 is 12.2 Å². The van der Waals surface area contributed by atoms with Crippen LogP contribution in [0.15, 0.2) is 42.5 Å². The highest BCUT2D eigenvalue weighted by atomic mass is 32.1. The summed E-state index contributed by atoms with van der Waals surface area (Å²) in [5.41, 5.74) is 6.28. The van der Waals surface area contributed by atoms with Crippen LogP contribution in [0.4, 0.5) is 0 Å². The zero-order valence-electron chi connectivity index (χ0n) is 11.4. The van der Waals surface area contributed by atoms with Crippen molar-refractivity contribution >= 4 is 33.9 Å². The first-order valence-corrected chi connectivity index (χ1v) is 7.11. The highest BCUT2D eigenvalue weighted by Gasteiger charge is 2.15. The van der Waals surface area contributed by atoms with Gasteiger partial charge in [0.1, 0.15) is 0 Å². The van der Waals surface area contributed by atoms with Gasteiger partial charge in [-0.15, -0.1) is 0 Å². The van der Waals surface area contributed by atoms with E-state index in [1.54, 1.807) is 0 Å². The Morgan fingerprint density at radius 2 is 1.95 bits per heavy atom. The zero-order valence-corrected chi connectivity index (χ0v) is 12.2. The van der Waals surface area contributed by atoms with Crippen molar-refractivity contribution in [1.82, 2.24) is 5.32 Å². The smallest absolute Gasteiger partial charge is 0.251 e. The first-order valence-electron chi connectivity index (χ1n) is 6.71. The standard InChI is InChI=1S/C16H18N2OS/c1-2-5-14(15(17)20)18-16(19)13-9-8-11-6-3-4-7-12(11)10-13/h3-4,6-10,14H,2,5H2,1H3,(H2,17,20)(H,18,19). The average molecular weight is 286 g/mol. The van der Waals surface area contributed by atoms with Gasteiger partial charge in [0.2, 0.25) is 0 Å². The Bertz CT molecular complexity index is 639. The zero-order chi connectivity index (χ0) is 14.5. The molecule has 0 heterocycles. The highest BCUT2D eigenvalue weighted by molar-refractivity contribution is 7.80. The van der Waals surface area contributed by atoms with Crippen LogP contribution in [0.25, 0.3) is 10.8 Å². The summed E-state index contributed by atoms with van der Waals surface area (Å²) in [7, 11) is 0. The van der Waals surface area contributed by atoms with Crippen LogP contribution in [0, 0.1) is 0 Å². The molecule has 2 rings (SSSR count). The van der Waals surface area contributed by atoms with E-state index in [-0.39, 0.29) is 11.9 Å². The van der Waals surface area contributed by atoms with Crippen molar-refractivity contribution < 1.29 is 4.79 Å². The maximum Gasteiger partial charge on any atom is 0.251 e. The van der Waals surface area contributed by atoms with Gasteiger partial charge in [0.05, 0.1) is 11.0 Å². The largest absolute Gasteiger partial charge is 0.392 e. The Labute approximate surface area is 124 Å². The summed E-state index contributed by atoms with van der Waals surface area (Å²) >= 11 is 4.99. The molecule has 0 aliphatic carbocycles. The Morgan fingerprint density at radius 3 is 2.60 bits per heavy atom. The van der Waals surface area contributed by atoms with Gasteiger partial charge in [-0.3, -0.25) is 4.79 Å². The fourth-order valence-electron chi connectivity index (χ4n) is 2.15. The Balaban J connectivity index is 2.20. The molecule has 0 radical (unpaired) electrons. The Hall–Kier alpha value is -1.94. The van der Waals surface area contributed by atoms with Crippen molar-refractivity contribution in [2.45, 2.75) is 25.8 Å². The summed E-state index contributed by atoms with van der Waals surface area (Å²) in [4.78, 5) is 12.6. The number of nitrogens with one attached hydrogen (secondary N) is 1. The van der Waals surface area contributed by atoms with Gasteiger partial charge >= 0.3 is 0 Å². The van der Waals surface area contributed by atoms with Gasteiger partial charge in [0.15, 0.2) is 0 Å². The number of benzene rings is 2. The first-order chi connectivity index (χ1) is 9.61. The van der Waals surface area contributed by atoms with E-state index < -0.39 is 0 Å². The van der Waals surface area contributed by atoms with E-state index in [0.717, 1.165) is 23.6 Å². The van der Waals surface area contributed by atoms with Crippen LogP contribution in [0.5, 0.6) is 0 Å². The molecule has 1 unspecified atom stereocenters. The second-order valence-electron chi connectivity index (χ2n) is 4.78. The van der Waals surface area contributed by atoms with Gasteiger partial charge in [-0.25, -0.2) is 0 Å². The summed E-state index contributed by atoms with van der Waals surface area (Å²) in [6.07, 6.45) is 1.68. The SMILES string of the molecule is CCCC(NC(=O)c1ccc2ccccc2c1)C(N)=S. The minimum atomic E-state index is -0.242. The predicted octanol–water partition coefficient (Wildman–Crippen LogP) is 3.02. The van der Waals surface area contributed by atoms with Crippen LogP contribution in [0.1, 0.15) is 30.1 Å². The summed E-state index contributed by atoms with van der Waals surface area (Å²) in [6.45, 7) is 2.04.